The normalized spacial score (nSPS) is 11.4. The number of hydrogen-bond donors (Lipinski definition) is 0. The largest absolute Gasteiger partial charge is 0.496 e. The maximum absolute atomic E-state index is 13.6. The molecule has 0 spiro atoms. The fourth-order valence-electron chi connectivity index (χ4n) is 3.96. The second-order valence-electron chi connectivity index (χ2n) is 8.67. The first-order chi connectivity index (χ1) is 17.3. The van der Waals surface area contributed by atoms with Gasteiger partial charge >= 0.3 is 0 Å². The first-order valence-electron chi connectivity index (χ1n) is 11.6. The van der Waals surface area contributed by atoms with E-state index in [0.29, 0.717) is 39.7 Å². The number of hydrogen-bond acceptors (Lipinski definition) is 5. The van der Waals surface area contributed by atoms with Crippen molar-refractivity contribution in [3.05, 3.63) is 99.3 Å². The Morgan fingerprint density at radius 1 is 1.14 bits per heavy atom. The highest BCUT2D eigenvalue weighted by Gasteiger charge is 2.18. The first kappa shape index (κ1) is 25.2. The van der Waals surface area contributed by atoms with Crippen LogP contribution in [0, 0.1) is 6.92 Å². The van der Waals surface area contributed by atoms with E-state index in [1.54, 1.807) is 37.6 Å². The molecular formula is C29H28ClN3O3. The fraction of sp³-hybridized carbons (Fsp3) is 0.207. The van der Waals surface area contributed by atoms with E-state index in [1.165, 1.54) is 4.68 Å². The van der Waals surface area contributed by atoms with Gasteiger partial charge in [-0.1, -0.05) is 50.2 Å². The molecule has 0 N–H and O–H groups in total. The van der Waals surface area contributed by atoms with E-state index in [2.05, 4.69) is 25.5 Å². The van der Waals surface area contributed by atoms with Gasteiger partial charge in [0.05, 0.1) is 29.2 Å². The SMILES string of the molecule is C=CCOc1ccc(C=Nn2c(-c3cc(C(C)C)c(OC)cc3C)nc3ccccc3c2=O)cc1Cl. The smallest absolute Gasteiger partial charge is 0.282 e. The molecule has 0 atom stereocenters. The highest BCUT2D eigenvalue weighted by Crippen LogP contribution is 2.34. The molecule has 0 saturated heterocycles. The fourth-order valence-corrected chi connectivity index (χ4v) is 4.20. The molecule has 36 heavy (non-hydrogen) atoms. The summed E-state index contributed by atoms with van der Waals surface area (Å²) in [5.41, 5.74) is 3.83. The molecule has 0 radical (unpaired) electrons. The first-order valence-corrected chi connectivity index (χ1v) is 12.0. The van der Waals surface area contributed by atoms with Crippen LogP contribution < -0.4 is 15.0 Å². The molecule has 0 aliphatic carbocycles. The maximum atomic E-state index is 13.6. The predicted octanol–water partition coefficient (Wildman–Crippen LogP) is 6.60. The average Bonchev–Trinajstić information content (AvgIpc) is 2.87. The van der Waals surface area contributed by atoms with E-state index in [1.807, 2.05) is 43.3 Å². The number of ether oxygens (including phenoxy) is 2. The molecule has 7 heteroatoms. The number of aryl methyl sites for hydroxylation is 1. The molecule has 6 nitrogen and oxygen atoms in total. The van der Waals surface area contributed by atoms with E-state index in [4.69, 9.17) is 26.1 Å². The van der Waals surface area contributed by atoms with Gasteiger partial charge in [0.15, 0.2) is 5.82 Å². The van der Waals surface area contributed by atoms with Crippen LogP contribution in [0.3, 0.4) is 0 Å². The van der Waals surface area contributed by atoms with Crippen molar-refractivity contribution in [1.82, 2.24) is 9.66 Å². The van der Waals surface area contributed by atoms with Crippen molar-refractivity contribution in [1.29, 1.82) is 0 Å². The lowest BCUT2D eigenvalue weighted by Crippen LogP contribution is -2.20. The molecule has 0 amide bonds. The number of benzene rings is 3. The molecule has 4 rings (SSSR count). The Labute approximate surface area is 215 Å². The zero-order valence-corrected chi connectivity index (χ0v) is 21.5. The summed E-state index contributed by atoms with van der Waals surface area (Å²) in [6, 6.07) is 16.6. The van der Waals surface area contributed by atoms with Gasteiger partial charge in [0.2, 0.25) is 0 Å². The van der Waals surface area contributed by atoms with Gasteiger partial charge in [0, 0.05) is 5.56 Å². The maximum Gasteiger partial charge on any atom is 0.282 e. The minimum atomic E-state index is -0.259. The van der Waals surface area contributed by atoms with Gasteiger partial charge in [-0.05, 0) is 72.0 Å². The highest BCUT2D eigenvalue weighted by molar-refractivity contribution is 6.32. The number of rotatable bonds is 8. The van der Waals surface area contributed by atoms with Crippen molar-refractivity contribution in [2.24, 2.45) is 5.10 Å². The summed E-state index contributed by atoms with van der Waals surface area (Å²) in [6.07, 6.45) is 3.24. The van der Waals surface area contributed by atoms with E-state index >= 15 is 0 Å². The molecule has 3 aromatic carbocycles. The number of nitrogens with zero attached hydrogens (tertiary/aromatic N) is 3. The minimum absolute atomic E-state index is 0.215. The molecule has 1 heterocycles. The Kier molecular flexibility index (Phi) is 7.55. The number of methoxy groups -OCH3 is 1. The summed E-state index contributed by atoms with van der Waals surface area (Å²) in [4.78, 5) is 18.4. The molecule has 1 aromatic heterocycles. The van der Waals surface area contributed by atoms with Crippen LogP contribution in [0.25, 0.3) is 22.3 Å². The lowest BCUT2D eigenvalue weighted by molar-refractivity contribution is 0.363. The lowest BCUT2D eigenvalue weighted by Gasteiger charge is -2.17. The van der Waals surface area contributed by atoms with Gasteiger partial charge < -0.3 is 9.47 Å². The van der Waals surface area contributed by atoms with Gasteiger partial charge in [-0.2, -0.15) is 9.78 Å². The number of fused-ring (bicyclic) bond motifs is 1. The summed E-state index contributed by atoms with van der Waals surface area (Å²) in [5.74, 6) is 2.02. The van der Waals surface area contributed by atoms with E-state index in [0.717, 1.165) is 22.4 Å². The number of para-hydroxylation sites is 1. The standard InChI is InChI=1S/C29H28ClN3O3/c1-6-13-36-26-12-11-20(15-24(26)30)17-31-33-28(32-25-10-8-7-9-21(25)29(33)34)23-16-22(18(2)3)27(35-5)14-19(23)4/h6-12,14-18H,1,13H2,2-5H3. The summed E-state index contributed by atoms with van der Waals surface area (Å²) in [6.45, 7) is 10.2. The molecule has 4 aromatic rings. The zero-order valence-electron chi connectivity index (χ0n) is 20.8. The third kappa shape index (κ3) is 5.04. The van der Waals surface area contributed by atoms with E-state index in [-0.39, 0.29) is 11.5 Å². The predicted molar refractivity (Wildman–Crippen MR) is 147 cm³/mol. The summed E-state index contributed by atoms with van der Waals surface area (Å²) < 4.78 is 12.5. The van der Waals surface area contributed by atoms with Crippen molar-refractivity contribution in [2.75, 3.05) is 13.7 Å². The molecule has 0 fully saturated rings. The van der Waals surface area contributed by atoms with Crippen molar-refractivity contribution in [3.63, 3.8) is 0 Å². The van der Waals surface area contributed by atoms with Crippen LogP contribution in [0.2, 0.25) is 5.02 Å². The minimum Gasteiger partial charge on any atom is -0.496 e. The van der Waals surface area contributed by atoms with Crippen molar-refractivity contribution in [2.45, 2.75) is 26.7 Å². The van der Waals surface area contributed by atoms with Crippen LogP contribution in [0.4, 0.5) is 0 Å². The topological polar surface area (TPSA) is 65.7 Å². The van der Waals surface area contributed by atoms with Gasteiger partial charge in [0.25, 0.3) is 5.56 Å². The van der Waals surface area contributed by atoms with E-state index in [9.17, 15) is 4.79 Å². The molecule has 0 aliphatic heterocycles. The number of halogens is 1. The lowest BCUT2D eigenvalue weighted by atomic mass is 9.96. The summed E-state index contributed by atoms with van der Waals surface area (Å²) in [5, 5.41) is 5.49. The van der Waals surface area contributed by atoms with Crippen LogP contribution >= 0.6 is 11.6 Å². The Morgan fingerprint density at radius 2 is 1.92 bits per heavy atom. The van der Waals surface area contributed by atoms with Crippen molar-refractivity contribution in [3.8, 4) is 22.9 Å². The van der Waals surface area contributed by atoms with Gasteiger partial charge in [-0.15, -0.1) is 0 Å². The van der Waals surface area contributed by atoms with Crippen molar-refractivity contribution < 1.29 is 9.47 Å². The zero-order chi connectivity index (χ0) is 25.8. The Hall–Kier alpha value is -3.90. The second-order valence-corrected chi connectivity index (χ2v) is 9.07. The Morgan fingerprint density at radius 3 is 2.61 bits per heavy atom. The molecule has 0 saturated carbocycles. The highest BCUT2D eigenvalue weighted by atomic mass is 35.5. The third-order valence-electron chi connectivity index (χ3n) is 5.83. The molecule has 0 bridgehead atoms. The summed E-state index contributed by atoms with van der Waals surface area (Å²) >= 11 is 6.37. The Bertz CT molecular complexity index is 1520. The van der Waals surface area contributed by atoms with Crippen molar-refractivity contribution >= 4 is 28.7 Å². The number of aromatic nitrogens is 2. The second kappa shape index (κ2) is 10.8. The molecule has 0 unspecified atom stereocenters. The third-order valence-corrected chi connectivity index (χ3v) is 6.12. The van der Waals surface area contributed by atoms with E-state index < -0.39 is 0 Å². The quantitative estimate of drug-likeness (QED) is 0.201. The molecule has 0 aliphatic rings. The average molecular weight is 502 g/mol. The summed E-state index contributed by atoms with van der Waals surface area (Å²) in [7, 11) is 1.66. The molecular weight excluding hydrogens is 474 g/mol. The van der Waals surface area contributed by atoms with Gasteiger partial charge in [-0.25, -0.2) is 4.98 Å². The van der Waals surface area contributed by atoms with Crippen LogP contribution in [0.15, 0.2) is 77.1 Å². The van der Waals surface area contributed by atoms with Crippen LogP contribution in [0.5, 0.6) is 11.5 Å². The Balaban J connectivity index is 1.89. The molecule has 184 valence electrons. The van der Waals surface area contributed by atoms with Crippen LogP contribution in [-0.2, 0) is 0 Å². The van der Waals surface area contributed by atoms with Gasteiger partial charge in [0.1, 0.15) is 18.1 Å². The monoisotopic (exact) mass is 501 g/mol. The van der Waals surface area contributed by atoms with Crippen LogP contribution in [0.1, 0.15) is 36.5 Å². The van der Waals surface area contributed by atoms with Crippen LogP contribution in [-0.4, -0.2) is 29.6 Å². The van der Waals surface area contributed by atoms with Gasteiger partial charge in [-0.3, -0.25) is 4.79 Å².